The van der Waals surface area contributed by atoms with Crippen molar-refractivity contribution in [2.24, 2.45) is 0 Å². The standard InChI is InChI=1S/C13H21NO3S/c1-5-17-13-8-12(7-6-10(13)2)14-11(3)9-18(4,15)16/h6-8,11,14H,5,9H2,1-4H3/t11-/m0/s1. The topological polar surface area (TPSA) is 55.4 Å². The van der Waals surface area contributed by atoms with Gasteiger partial charge in [0.05, 0.1) is 12.4 Å². The molecule has 1 aromatic carbocycles. The summed E-state index contributed by atoms with van der Waals surface area (Å²) in [5, 5.41) is 3.17. The third kappa shape index (κ3) is 4.96. The molecule has 0 bridgehead atoms. The van der Waals surface area contributed by atoms with Gasteiger partial charge < -0.3 is 10.1 Å². The first-order valence-electron chi connectivity index (χ1n) is 5.99. The molecule has 0 amide bonds. The lowest BCUT2D eigenvalue weighted by Gasteiger charge is -2.16. The summed E-state index contributed by atoms with van der Waals surface area (Å²) in [6.07, 6.45) is 1.24. The van der Waals surface area contributed by atoms with Gasteiger partial charge in [0.2, 0.25) is 0 Å². The Morgan fingerprint density at radius 2 is 2.06 bits per heavy atom. The minimum atomic E-state index is -2.97. The molecule has 0 saturated heterocycles. The highest BCUT2D eigenvalue weighted by atomic mass is 32.2. The van der Waals surface area contributed by atoms with Crippen molar-refractivity contribution in [1.29, 1.82) is 0 Å². The van der Waals surface area contributed by atoms with Gasteiger partial charge in [0.15, 0.2) is 0 Å². The second-order valence-corrected chi connectivity index (χ2v) is 6.74. The minimum absolute atomic E-state index is 0.116. The fourth-order valence-corrected chi connectivity index (χ4v) is 2.77. The average Bonchev–Trinajstić information content (AvgIpc) is 2.20. The Morgan fingerprint density at radius 3 is 2.61 bits per heavy atom. The van der Waals surface area contributed by atoms with E-state index in [1.54, 1.807) is 0 Å². The molecular formula is C13H21NO3S. The van der Waals surface area contributed by atoms with Crippen LogP contribution in [0.4, 0.5) is 5.69 Å². The fourth-order valence-electron chi connectivity index (χ4n) is 1.78. The molecular weight excluding hydrogens is 250 g/mol. The number of hydrogen-bond donors (Lipinski definition) is 1. The molecule has 0 aliphatic heterocycles. The van der Waals surface area contributed by atoms with Crippen LogP contribution in [0.25, 0.3) is 0 Å². The average molecular weight is 271 g/mol. The molecule has 0 unspecified atom stereocenters. The highest BCUT2D eigenvalue weighted by molar-refractivity contribution is 7.90. The molecule has 1 atom stereocenters. The maximum atomic E-state index is 11.2. The number of hydrogen-bond acceptors (Lipinski definition) is 4. The van der Waals surface area contributed by atoms with Gasteiger partial charge >= 0.3 is 0 Å². The predicted octanol–water partition coefficient (Wildman–Crippen LogP) is 2.24. The largest absolute Gasteiger partial charge is 0.494 e. The van der Waals surface area contributed by atoms with E-state index < -0.39 is 9.84 Å². The number of nitrogens with one attached hydrogen (secondary N) is 1. The molecule has 0 aromatic heterocycles. The molecule has 0 saturated carbocycles. The number of ether oxygens (including phenoxy) is 1. The SMILES string of the molecule is CCOc1cc(N[C@@H](C)CS(C)(=O)=O)ccc1C. The van der Waals surface area contributed by atoms with Crippen LogP contribution in [0.1, 0.15) is 19.4 Å². The zero-order valence-electron chi connectivity index (χ0n) is 11.4. The number of anilines is 1. The molecule has 0 radical (unpaired) electrons. The van der Waals surface area contributed by atoms with Crippen molar-refractivity contribution < 1.29 is 13.2 Å². The van der Waals surface area contributed by atoms with Crippen LogP contribution in [0.3, 0.4) is 0 Å². The molecule has 5 heteroatoms. The smallest absolute Gasteiger partial charge is 0.149 e. The first-order valence-corrected chi connectivity index (χ1v) is 8.05. The Kier molecular flexibility index (Phi) is 5.02. The van der Waals surface area contributed by atoms with Crippen molar-refractivity contribution in [3.63, 3.8) is 0 Å². The molecule has 1 N–H and O–H groups in total. The van der Waals surface area contributed by atoms with E-state index >= 15 is 0 Å². The van der Waals surface area contributed by atoms with Crippen LogP contribution in [0.5, 0.6) is 5.75 Å². The summed E-state index contributed by atoms with van der Waals surface area (Å²) in [6.45, 7) is 6.38. The van der Waals surface area contributed by atoms with Crippen LogP contribution in [0.15, 0.2) is 18.2 Å². The van der Waals surface area contributed by atoms with Gasteiger partial charge in [-0.25, -0.2) is 8.42 Å². The van der Waals surface area contributed by atoms with Gasteiger partial charge in [-0.05, 0) is 32.4 Å². The van der Waals surface area contributed by atoms with Gasteiger partial charge in [0.25, 0.3) is 0 Å². The zero-order valence-corrected chi connectivity index (χ0v) is 12.2. The van der Waals surface area contributed by atoms with Crippen molar-refractivity contribution in [1.82, 2.24) is 0 Å². The number of rotatable bonds is 6. The summed E-state index contributed by atoms with van der Waals surface area (Å²) in [5.41, 5.74) is 1.94. The quantitative estimate of drug-likeness (QED) is 0.862. The van der Waals surface area contributed by atoms with Crippen LogP contribution < -0.4 is 10.1 Å². The molecule has 1 rings (SSSR count). The van der Waals surface area contributed by atoms with Crippen molar-refractivity contribution in [2.45, 2.75) is 26.8 Å². The predicted molar refractivity (Wildman–Crippen MR) is 75.1 cm³/mol. The van der Waals surface area contributed by atoms with Crippen molar-refractivity contribution in [2.75, 3.05) is 23.9 Å². The van der Waals surface area contributed by atoms with E-state index in [0.29, 0.717) is 6.61 Å². The zero-order chi connectivity index (χ0) is 13.8. The minimum Gasteiger partial charge on any atom is -0.494 e. The summed E-state index contributed by atoms with van der Waals surface area (Å²) >= 11 is 0. The highest BCUT2D eigenvalue weighted by Gasteiger charge is 2.11. The van der Waals surface area contributed by atoms with E-state index in [2.05, 4.69) is 5.32 Å². The summed E-state index contributed by atoms with van der Waals surface area (Å²) in [7, 11) is -2.97. The van der Waals surface area contributed by atoms with Crippen molar-refractivity contribution in [3.05, 3.63) is 23.8 Å². The Hall–Kier alpha value is -1.23. The summed E-state index contributed by atoms with van der Waals surface area (Å²) in [4.78, 5) is 0. The van der Waals surface area contributed by atoms with E-state index in [0.717, 1.165) is 17.0 Å². The van der Waals surface area contributed by atoms with E-state index in [1.165, 1.54) is 6.26 Å². The first-order chi connectivity index (χ1) is 8.31. The number of aryl methyl sites for hydroxylation is 1. The Bertz CT molecular complexity index is 497. The van der Waals surface area contributed by atoms with Gasteiger partial charge in [-0.2, -0.15) is 0 Å². The van der Waals surface area contributed by atoms with Gasteiger partial charge in [0.1, 0.15) is 15.6 Å². The maximum Gasteiger partial charge on any atom is 0.149 e. The lowest BCUT2D eigenvalue weighted by molar-refractivity contribution is 0.338. The van der Waals surface area contributed by atoms with Gasteiger partial charge in [-0.3, -0.25) is 0 Å². The molecule has 0 aliphatic rings. The van der Waals surface area contributed by atoms with Gasteiger partial charge in [-0.1, -0.05) is 6.07 Å². The third-order valence-electron chi connectivity index (χ3n) is 2.45. The van der Waals surface area contributed by atoms with Crippen molar-refractivity contribution >= 4 is 15.5 Å². The monoisotopic (exact) mass is 271 g/mol. The van der Waals surface area contributed by atoms with Crippen LogP contribution >= 0.6 is 0 Å². The molecule has 4 nitrogen and oxygen atoms in total. The fraction of sp³-hybridized carbons (Fsp3) is 0.538. The Balaban J connectivity index is 2.76. The molecule has 18 heavy (non-hydrogen) atoms. The highest BCUT2D eigenvalue weighted by Crippen LogP contribution is 2.23. The number of benzene rings is 1. The Morgan fingerprint density at radius 1 is 1.39 bits per heavy atom. The number of sulfone groups is 1. The normalized spacial score (nSPS) is 13.1. The lowest BCUT2D eigenvalue weighted by atomic mass is 10.2. The molecule has 1 aromatic rings. The first kappa shape index (κ1) is 14.8. The lowest BCUT2D eigenvalue weighted by Crippen LogP contribution is -2.24. The van der Waals surface area contributed by atoms with E-state index in [9.17, 15) is 8.42 Å². The Labute approximate surface area is 109 Å². The van der Waals surface area contributed by atoms with Crippen LogP contribution in [-0.2, 0) is 9.84 Å². The van der Waals surface area contributed by atoms with Gasteiger partial charge in [-0.15, -0.1) is 0 Å². The van der Waals surface area contributed by atoms with Crippen LogP contribution in [0, 0.1) is 6.92 Å². The summed E-state index contributed by atoms with van der Waals surface area (Å²) in [5.74, 6) is 0.944. The second-order valence-electron chi connectivity index (χ2n) is 4.55. The maximum absolute atomic E-state index is 11.2. The molecule has 0 fully saturated rings. The van der Waals surface area contributed by atoms with E-state index in [1.807, 2.05) is 39.0 Å². The van der Waals surface area contributed by atoms with Gasteiger partial charge in [0, 0.05) is 24.1 Å². The van der Waals surface area contributed by atoms with Crippen LogP contribution in [0.2, 0.25) is 0 Å². The van der Waals surface area contributed by atoms with E-state index in [4.69, 9.17) is 4.74 Å². The summed E-state index contributed by atoms with van der Waals surface area (Å²) < 4.78 is 27.9. The van der Waals surface area contributed by atoms with E-state index in [-0.39, 0.29) is 11.8 Å². The van der Waals surface area contributed by atoms with Crippen LogP contribution in [-0.4, -0.2) is 33.1 Å². The molecule has 0 aliphatic carbocycles. The molecule has 0 spiro atoms. The third-order valence-corrected chi connectivity index (χ3v) is 3.56. The molecule has 102 valence electrons. The van der Waals surface area contributed by atoms with Crippen molar-refractivity contribution in [3.8, 4) is 5.75 Å². The summed E-state index contributed by atoms with van der Waals surface area (Å²) in [6, 6.07) is 5.66. The second kappa shape index (κ2) is 6.09. The molecule has 0 heterocycles.